The van der Waals surface area contributed by atoms with Crippen LogP contribution in [0.5, 0.6) is 0 Å². The number of nitrogens with one attached hydrogen (secondary N) is 3. The molecule has 0 spiro atoms. The van der Waals surface area contributed by atoms with Crippen molar-refractivity contribution < 1.29 is 14.5 Å². The van der Waals surface area contributed by atoms with E-state index >= 15 is 0 Å². The highest BCUT2D eigenvalue weighted by molar-refractivity contribution is 5.81. The largest absolute Gasteiger partial charge is 0.351 e. The SMILES string of the molecule is CC(C)NC(=O)C[NH+](C)[C@@H](C)C(=O)NCCC1=CCCCC1. The van der Waals surface area contributed by atoms with E-state index in [9.17, 15) is 9.59 Å². The summed E-state index contributed by atoms with van der Waals surface area (Å²) in [6.07, 6.45) is 8.18. The van der Waals surface area contributed by atoms with Crippen LogP contribution in [0.1, 0.15) is 52.9 Å². The van der Waals surface area contributed by atoms with E-state index in [1.165, 1.54) is 31.3 Å². The third kappa shape index (κ3) is 7.07. The van der Waals surface area contributed by atoms with Crippen LogP contribution in [0.15, 0.2) is 11.6 Å². The zero-order chi connectivity index (χ0) is 16.5. The molecule has 0 aromatic rings. The summed E-state index contributed by atoms with van der Waals surface area (Å²) >= 11 is 0. The molecule has 0 aromatic heterocycles. The number of quaternary nitrogens is 1. The molecule has 1 aliphatic carbocycles. The summed E-state index contributed by atoms with van der Waals surface area (Å²) in [5, 5.41) is 5.85. The summed E-state index contributed by atoms with van der Waals surface area (Å²) in [6, 6.07) is -0.0913. The summed E-state index contributed by atoms with van der Waals surface area (Å²) in [7, 11) is 1.88. The molecule has 22 heavy (non-hydrogen) atoms. The molecule has 0 aromatic carbocycles. The van der Waals surface area contributed by atoms with E-state index in [-0.39, 0.29) is 23.9 Å². The topological polar surface area (TPSA) is 62.6 Å². The highest BCUT2D eigenvalue weighted by Gasteiger charge is 2.23. The Hall–Kier alpha value is -1.36. The molecule has 2 amide bonds. The Morgan fingerprint density at radius 2 is 2.00 bits per heavy atom. The first-order valence-electron chi connectivity index (χ1n) is 8.47. The second-order valence-corrected chi connectivity index (χ2v) is 6.62. The molecule has 0 fully saturated rings. The lowest BCUT2D eigenvalue weighted by molar-refractivity contribution is -0.886. The predicted molar refractivity (Wildman–Crippen MR) is 88.7 cm³/mol. The van der Waals surface area contributed by atoms with Gasteiger partial charge in [0.05, 0.1) is 7.05 Å². The van der Waals surface area contributed by atoms with Crippen molar-refractivity contribution in [2.45, 2.75) is 65.0 Å². The number of likely N-dealkylation sites (N-methyl/N-ethyl adjacent to an activating group) is 1. The first-order valence-corrected chi connectivity index (χ1v) is 8.47. The summed E-state index contributed by atoms with van der Waals surface area (Å²) in [5.41, 5.74) is 1.47. The lowest BCUT2D eigenvalue weighted by Gasteiger charge is -2.21. The highest BCUT2D eigenvalue weighted by Crippen LogP contribution is 2.19. The number of amides is 2. The van der Waals surface area contributed by atoms with E-state index in [2.05, 4.69) is 16.7 Å². The zero-order valence-electron chi connectivity index (χ0n) is 14.5. The lowest BCUT2D eigenvalue weighted by atomic mass is 9.97. The second-order valence-electron chi connectivity index (χ2n) is 6.62. The molecule has 0 bridgehead atoms. The van der Waals surface area contributed by atoms with Crippen LogP contribution in [-0.2, 0) is 9.59 Å². The minimum Gasteiger partial charge on any atom is -0.351 e. The van der Waals surface area contributed by atoms with Gasteiger partial charge in [-0.3, -0.25) is 9.59 Å². The quantitative estimate of drug-likeness (QED) is 0.569. The van der Waals surface area contributed by atoms with Crippen LogP contribution in [0, 0.1) is 0 Å². The molecule has 1 rings (SSSR count). The first-order chi connectivity index (χ1) is 10.4. The molecular weight excluding hydrogens is 278 g/mol. The summed E-state index contributed by atoms with van der Waals surface area (Å²) < 4.78 is 0. The maximum Gasteiger partial charge on any atom is 0.278 e. The number of hydrogen-bond donors (Lipinski definition) is 3. The Morgan fingerprint density at radius 3 is 2.59 bits per heavy atom. The molecule has 0 radical (unpaired) electrons. The van der Waals surface area contributed by atoms with Gasteiger partial charge in [-0.05, 0) is 52.9 Å². The van der Waals surface area contributed by atoms with Gasteiger partial charge < -0.3 is 15.5 Å². The van der Waals surface area contributed by atoms with Crippen molar-refractivity contribution in [3.8, 4) is 0 Å². The van der Waals surface area contributed by atoms with Gasteiger partial charge in [0, 0.05) is 12.6 Å². The minimum atomic E-state index is -0.224. The molecule has 1 aliphatic rings. The molecular formula is C17H32N3O2+. The van der Waals surface area contributed by atoms with Gasteiger partial charge in [-0.2, -0.15) is 0 Å². The van der Waals surface area contributed by atoms with Gasteiger partial charge in [0.1, 0.15) is 0 Å². The van der Waals surface area contributed by atoms with Gasteiger partial charge in [0.2, 0.25) is 0 Å². The molecule has 5 nitrogen and oxygen atoms in total. The Morgan fingerprint density at radius 1 is 1.27 bits per heavy atom. The van der Waals surface area contributed by atoms with Crippen molar-refractivity contribution in [1.82, 2.24) is 10.6 Å². The van der Waals surface area contributed by atoms with E-state index in [4.69, 9.17) is 0 Å². The molecule has 0 saturated carbocycles. The van der Waals surface area contributed by atoms with Gasteiger partial charge in [-0.25, -0.2) is 0 Å². The third-order valence-corrected chi connectivity index (χ3v) is 4.15. The zero-order valence-corrected chi connectivity index (χ0v) is 14.5. The van der Waals surface area contributed by atoms with Crippen molar-refractivity contribution in [3.63, 3.8) is 0 Å². The molecule has 1 unspecified atom stereocenters. The maximum absolute atomic E-state index is 12.1. The monoisotopic (exact) mass is 310 g/mol. The Bertz CT molecular complexity index is 405. The third-order valence-electron chi connectivity index (χ3n) is 4.15. The predicted octanol–water partition coefficient (Wildman–Crippen LogP) is 0.421. The van der Waals surface area contributed by atoms with Gasteiger partial charge >= 0.3 is 0 Å². The number of hydrogen-bond acceptors (Lipinski definition) is 2. The normalized spacial score (nSPS) is 17.6. The Kier molecular flexibility index (Phi) is 8.17. The lowest BCUT2D eigenvalue weighted by Crippen LogP contribution is -3.15. The van der Waals surface area contributed by atoms with Crippen molar-refractivity contribution in [2.24, 2.45) is 0 Å². The summed E-state index contributed by atoms with van der Waals surface area (Å²) in [4.78, 5) is 24.8. The second kappa shape index (κ2) is 9.62. The van der Waals surface area contributed by atoms with Crippen molar-refractivity contribution in [2.75, 3.05) is 20.1 Å². The fourth-order valence-corrected chi connectivity index (χ4v) is 2.63. The van der Waals surface area contributed by atoms with E-state index in [0.717, 1.165) is 11.3 Å². The average molecular weight is 310 g/mol. The van der Waals surface area contributed by atoms with Gasteiger partial charge in [-0.1, -0.05) is 11.6 Å². The summed E-state index contributed by atoms with van der Waals surface area (Å²) in [6.45, 7) is 6.75. The molecule has 5 heteroatoms. The van der Waals surface area contributed by atoms with Crippen LogP contribution in [0.4, 0.5) is 0 Å². The Labute approximate surface area is 134 Å². The van der Waals surface area contributed by atoms with Crippen LogP contribution in [0.3, 0.4) is 0 Å². The van der Waals surface area contributed by atoms with Crippen molar-refractivity contribution in [1.29, 1.82) is 0 Å². The molecule has 0 aliphatic heterocycles. The number of carbonyl (C=O) groups excluding carboxylic acids is 2. The molecule has 0 saturated heterocycles. The molecule has 2 atom stereocenters. The maximum atomic E-state index is 12.1. The van der Waals surface area contributed by atoms with Gasteiger partial charge in [0.15, 0.2) is 12.6 Å². The fraction of sp³-hybridized carbons (Fsp3) is 0.765. The number of allylic oxidation sites excluding steroid dienone is 1. The van der Waals surface area contributed by atoms with Crippen LogP contribution in [0.2, 0.25) is 0 Å². The molecule has 0 heterocycles. The van der Waals surface area contributed by atoms with E-state index < -0.39 is 0 Å². The highest BCUT2D eigenvalue weighted by atomic mass is 16.2. The van der Waals surface area contributed by atoms with Gasteiger partial charge in [0.25, 0.3) is 11.8 Å². The van der Waals surface area contributed by atoms with Crippen molar-refractivity contribution >= 4 is 11.8 Å². The van der Waals surface area contributed by atoms with Crippen molar-refractivity contribution in [3.05, 3.63) is 11.6 Å². The van der Waals surface area contributed by atoms with Crippen LogP contribution >= 0.6 is 0 Å². The standard InChI is InChI=1S/C17H31N3O2/c1-13(2)19-16(21)12-20(4)14(3)17(22)18-11-10-15-8-6-5-7-9-15/h8,13-14H,5-7,9-12H2,1-4H3,(H,18,22)(H,19,21)/p+1/t14-/m0/s1. The minimum absolute atomic E-state index is 0.0143. The van der Waals surface area contributed by atoms with Crippen LogP contribution in [-0.4, -0.2) is 44.0 Å². The van der Waals surface area contributed by atoms with Gasteiger partial charge in [-0.15, -0.1) is 0 Å². The van der Waals surface area contributed by atoms with E-state index in [1.54, 1.807) is 0 Å². The number of carbonyl (C=O) groups is 2. The van der Waals surface area contributed by atoms with Crippen LogP contribution < -0.4 is 15.5 Å². The molecule has 126 valence electrons. The first kappa shape index (κ1) is 18.7. The van der Waals surface area contributed by atoms with E-state index in [1.807, 2.05) is 27.8 Å². The van der Waals surface area contributed by atoms with E-state index in [0.29, 0.717) is 13.1 Å². The average Bonchev–Trinajstić information content (AvgIpc) is 2.46. The smallest absolute Gasteiger partial charge is 0.278 e. The van der Waals surface area contributed by atoms with Crippen LogP contribution in [0.25, 0.3) is 0 Å². The Balaban J connectivity index is 2.28. The summed E-state index contributed by atoms with van der Waals surface area (Å²) in [5.74, 6) is 0.00534. The number of rotatable bonds is 8. The fourth-order valence-electron chi connectivity index (χ4n) is 2.63. The molecule has 3 N–H and O–H groups in total.